The van der Waals surface area contributed by atoms with Gasteiger partial charge in [-0.25, -0.2) is 0 Å². The van der Waals surface area contributed by atoms with E-state index >= 15 is 0 Å². The summed E-state index contributed by atoms with van der Waals surface area (Å²) in [4.78, 5) is 0. The highest BCUT2D eigenvalue weighted by Crippen LogP contribution is 1.91. The van der Waals surface area contributed by atoms with Gasteiger partial charge < -0.3 is 23.8 Å². The van der Waals surface area contributed by atoms with E-state index in [-0.39, 0.29) is 0 Å². The number of ether oxygens (including phenoxy) is 2. The number of hydrogen-bond acceptors (Lipinski definition) is 5. The van der Waals surface area contributed by atoms with Crippen molar-refractivity contribution in [3.05, 3.63) is 0 Å². The van der Waals surface area contributed by atoms with Gasteiger partial charge in [0.25, 0.3) is 0 Å². The molecule has 0 saturated heterocycles. The molecular weight excluding hydrogens is 235 g/mol. The zero-order valence-corrected chi connectivity index (χ0v) is 11.7. The van der Waals surface area contributed by atoms with Gasteiger partial charge in [0, 0.05) is 13.2 Å². The first-order valence-electron chi connectivity index (χ1n) is 6.88. The van der Waals surface area contributed by atoms with Crippen LogP contribution in [0.5, 0.6) is 0 Å². The second kappa shape index (κ2) is 14.9. The van der Waals surface area contributed by atoms with Gasteiger partial charge in [-0.1, -0.05) is 26.7 Å². The molecule has 0 aromatic rings. The molecule has 0 radical (unpaired) electrons. The molecule has 0 aliphatic carbocycles. The molecule has 0 atom stereocenters. The first-order valence-corrected chi connectivity index (χ1v) is 6.88. The number of rotatable bonds is 14. The fourth-order valence-corrected chi connectivity index (χ4v) is 1.16. The van der Waals surface area contributed by atoms with Gasteiger partial charge in [0.05, 0.1) is 26.4 Å². The fraction of sp³-hybridized carbons (Fsp3) is 1.00. The topological polar surface area (TPSA) is 57.2 Å². The van der Waals surface area contributed by atoms with E-state index in [0.717, 1.165) is 38.9 Å². The standard InChI is InChI=1S/C12H27BO5/c1-3-5-7-15-9-11-17-13(14)18-12-10-16-8-6-4-2/h14H,3-12H2,1-2H3. The average Bonchev–Trinajstić information content (AvgIpc) is 2.38. The van der Waals surface area contributed by atoms with E-state index in [2.05, 4.69) is 13.8 Å². The predicted octanol–water partition coefficient (Wildman–Crippen LogP) is 1.63. The smallest absolute Gasteiger partial charge is 0.402 e. The van der Waals surface area contributed by atoms with Crippen LogP contribution in [-0.4, -0.2) is 52.0 Å². The van der Waals surface area contributed by atoms with E-state index in [1.807, 2.05) is 0 Å². The second-order valence-corrected chi connectivity index (χ2v) is 3.98. The van der Waals surface area contributed by atoms with Crippen molar-refractivity contribution in [2.24, 2.45) is 0 Å². The van der Waals surface area contributed by atoms with E-state index in [0.29, 0.717) is 26.4 Å². The average molecular weight is 262 g/mol. The van der Waals surface area contributed by atoms with Gasteiger partial charge in [-0.2, -0.15) is 0 Å². The summed E-state index contributed by atoms with van der Waals surface area (Å²) in [7, 11) is -1.19. The van der Waals surface area contributed by atoms with Crippen molar-refractivity contribution in [3.8, 4) is 0 Å². The van der Waals surface area contributed by atoms with Crippen LogP contribution in [0.4, 0.5) is 0 Å². The molecule has 18 heavy (non-hydrogen) atoms. The minimum Gasteiger partial charge on any atom is -0.402 e. The van der Waals surface area contributed by atoms with Crippen LogP contribution in [0, 0.1) is 0 Å². The summed E-state index contributed by atoms with van der Waals surface area (Å²) in [5.74, 6) is 0. The molecule has 5 nitrogen and oxygen atoms in total. The van der Waals surface area contributed by atoms with Gasteiger partial charge in [-0.05, 0) is 12.8 Å². The van der Waals surface area contributed by atoms with E-state index in [1.165, 1.54) is 0 Å². The van der Waals surface area contributed by atoms with E-state index in [1.54, 1.807) is 0 Å². The molecule has 0 spiro atoms. The number of unbranched alkanes of at least 4 members (excludes halogenated alkanes) is 2. The summed E-state index contributed by atoms with van der Waals surface area (Å²) in [5, 5.41) is 9.30. The Bertz CT molecular complexity index is 143. The maximum Gasteiger partial charge on any atom is 0.636 e. The summed E-state index contributed by atoms with van der Waals surface area (Å²) >= 11 is 0. The van der Waals surface area contributed by atoms with Crippen LogP contribution in [0.1, 0.15) is 39.5 Å². The molecule has 0 unspecified atom stereocenters. The molecule has 0 aliphatic heterocycles. The van der Waals surface area contributed by atoms with Crippen molar-refractivity contribution in [1.82, 2.24) is 0 Å². The Kier molecular flexibility index (Phi) is 14.8. The molecular formula is C12H27BO5. The summed E-state index contributed by atoms with van der Waals surface area (Å²) in [5.41, 5.74) is 0. The first kappa shape index (κ1) is 17.9. The summed E-state index contributed by atoms with van der Waals surface area (Å²) in [6.07, 6.45) is 4.33. The van der Waals surface area contributed by atoms with Crippen molar-refractivity contribution >= 4 is 7.32 Å². The van der Waals surface area contributed by atoms with Crippen molar-refractivity contribution in [2.75, 3.05) is 39.6 Å². The van der Waals surface area contributed by atoms with Crippen LogP contribution >= 0.6 is 0 Å². The quantitative estimate of drug-likeness (QED) is 0.381. The van der Waals surface area contributed by atoms with E-state index in [4.69, 9.17) is 18.8 Å². The Morgan fingerprint density at radius 2 is 1.17 bits per heavy atom. The summed E-state index contributed by atoms with van der Waals surface area (Å²) in [6, 6.07) is 0. The van der Waals surface area contributed by atoms with Crippen molar-refractivity contribution in [2.45, 2.75) is 39.5 Å². The van der Waals surface area contributed by atoms with Gasteiger partial charge >= 0.3 is 7.32 Å². The molecule has 0 aromatic heterocycles. The lowest BCUT2D eigenvalue weighted by Gasteiger charge is -2.09. The lowest BCUT2D eigenvalue weighted by molar-refractivity contribution is 0.0465. The molecule has 1 N–H and O–H groups in total. The predicted molar refractivity (Wildman–Crippen MR) is 71.3 cm³/mol. The first-order chi connectivity index (χ1) is 8.81. The molecule has 0 amide bonds. The molecule has 0 bridgehead atoms. The number of hydrogen-bond donors (Lipinski definition) is 1. The molecule has 0 rings (SSSR count). The van der Waals surface area contributed by atoms with Crippen molar-refractivity contribution < 1.29 is 23.8 Å². The van der Waals surface area contributed by atoms with Gasteiger partial charge in [-0.3, -0.25) is 0 Å². The van der Waals surface area contributed by atoms with Crippen LogP contribution in [0.2, 0.25) is 0 Å². The Hall–Kier alpha value is -0.135. The zero-order chi connectivity index (χ0) is 13.5. The third-order valence-corrected chi connectivity index (χ3v) is 2.26. The third-order valence-electron chi connectivity index (χ3n) is 2.26. The molecule has 108 valence electrons. The van der Waals surface area contributed by atoms with Gasteiger partial charge in [0.2, 0.25) is 0 Å². The third kappa shape index (κ3) is 13.9. The molecule has 0 heterocycles. The second-order valence-electron chi connectivity index (χ2n) is 3.98. The lowest BCUT2D eigenvalue weighted by atomic mass is 10.2. The van der Waals surface area contributed by atoms with Gasteiger partial charge in [0.1, 0.15) is 0 Å². The van der Waals surface area contributed by atoms with E-state index < -0.39 is 7.32 Å². The van der Waals surface area contributed by atoms with Gasteiger partial charge in [0.15, 0.2) is 0 Å². The normalized spacial score (nSPS) is 10.8. The van der Waals surface area contributed by atoms with Crippen molar-refractivity contribution in [3.63, 3.8) is 0 Å². The summed E-state index contributed by atoms with van der Waals surface area (Å²) in [6.45, 7) is 7.33. The highest BCUT2D eigenvalue weighted by atomic mass is 16.7. The summed E-state index contributed by atoms with van der Waals surface area (Å²) < 4.78 is 20.6. The highest BCUT2D eigenvalue weighted by Gasteiger charge is 2.14. The molecule has 0 fully saturated rings. The van der Waals surface area contributed by atoms with Crippen LogP contribution < -0.4 is 0 Å². The fourth-order valence-electron chi connectivity index (χ4n) is 1.16. The van der Waals surface area contributed by atoms with E-state index in [9.17, 15) is 5.02 Å². The minimum atomic E-state index is -1.19. The van der Waals surface area contributed by atoms with Crippen LogP contribution in [0.15, 0.2) is 0 Å². The Balaban J connectivity index is 3.10. The molecule has 0 aliphatic rings. The van der Waals surface area contributed by atoms with Crippen LogP contribution in [-0.2, 0) is 18.8 Å². The molecule has 6 heteroatoms. The molecule has 0 aromatic carbocycles. The van der Waals surface area contributed by atoms with Gasteiger partial charge in [-0.15, -0.1) is 0 Å². The SMILES string of the molecule is CCCCOCCOB(O)OCCOCCCC. The lowest BCUT2D eigenvalue weighted by Crippen LogP contribution is -2.26. The maximum atomic E-state index is 9.30. The largest absolute Gasteiger partial charge is 0.636 e. The Morgan fingerprint density at radius 1 is 0.722 bits per heavy atom. The monoisotopic (exact) mass is 262 g/mol. The molecule has 0 saturated carbocycles. The Labute approximate surface area is 111 Å². The minimum absolute atomic E-state index is 0.335. The Morgan fingerprint density at radius 3 is 1.56 bits per heavy atom. The maximum absolute atomic E-state index is 9.30. The van der Waals surface area contributed by atoms with Crippen LogP contribution in [0.3, 0.4) is 0 Å². The zero-order valence-electron chi connectivity index (χ0n) is 11.7. The van der Waals surface area contributed by atoms with Crippen molar-refractivity contribution in [1.29, 1.82) is 0 Å². The van der Waals surface area contributed by atoms with Crippen LogP contribution in [0.25, 0.3) is 0 Å². The highest BCUT2D eigenvalue weighted by molar-refractivity contribution is 6.34.